The minimum absolute atomic E-state index is 0.0347. The highest BCUT2D eigenvalue weighted by atomic mass is 19.1. The van der Waals surface area contributed by atoms with Gasteiger partial charge >= 0.3 is 0 Å². The lowest BCUT2D eigenvalue weighted by Crippen LogP contribution is -2.19. The molecule has 0 radical (unpaired) electrons. The third-order valence-corrected chi connectivity index (χ3v) is 3.24. The van der Waals surface area contributed by atoms with Gasteiger partial charge in [0.25, 0.3) is 0 Å². The molecular weight excluding hydrogens is 255 g/mol. The molecular formula is C11H13FN4O3. The summed E-state index contributed by atoms with van der Waals surface area (Å²) in [5.41, 5.74) is 5.87. The Morgan fingerprint density at radius 1 is 1.53 bits per heavy atom. The number of nitrogen functional groups attached to an aromatic ring is 1. The summed E-state index contributed by atoms with van der Waals surface area (Å²) in [6, 6.07) is 0. The standard InChI is InChI=1S/C11H13FN4O3/c12-6-2-16(10-8(6)9(13)14-4-15-10)11-7(18)1-5(3-17)19-11/h2,4-5,7,11,17-18H,1,3H2,(H2,13,14,15)/t5-,7+,11+/m0/s1. The van der Waals surface area contributed by atoms with Crippen LogP contribution >= 0.6 is 0 Å². The summed E-state index contributed by atoms with van der Waals surface area (Å²) >= 11 is 0. The summed E-state index contributed by atoms with van der Waals surface area (Å²) in [5, 5.41) is 19.1. The van der Waals surface area contributed by atoms with Gasteiger partial charge in [-0.15, -0.1) is 0 Å². The molecule has 1 saturated heterocycles. The minimum Gasteiger partial charge on any atom is -0.394 e. The summed E-state index contributed by atoms with van der Waals surface area (Å²) < 4.78 is 20.7. The summed E-state index contributed by atoms with van der Waals surface area (Å²) in [6.07, 6.45) is 0.562. The van der Waals surface area contributed by atoms with Crippen LogP contribution in [-0.4, -0.2) is 43.6 Å². The van der Waals surface area contributed by atoms with Crippen molar-refractivity contribution in [2.24, 2.45) is 0 Å². The van der Waals surface area contributed by atoms with Crippen LogP contribution < -0.4 is 5.73 Å². The van der Waals surface area contributed by atoms with Crippen molar-refractivity contribution in [3.8, 4) is 0 Å². The third kappa shape index (κ3) is 1.84. The largest absolute Gasteiger partial charge is 0.394 e. The van der Waals surface area contributed by atoms with E-state index in [0.717, 1.165) is 0 Å². The number of anilines is 1. The minimum atomic E-state index is -0.844. The second-order valence-electron chi connectivity index (χ2n) is 4.48. The average molecular weight is 268 g/mol. The number of hydrogen-bond donors (Lipinski definition) is 3. The van der Waals surface area contributed by atoms with E-state index in [1.165, 1.54) is 17.1 Å². The van der Waals surface area contributed by atoms with Crippen LogP contribution in [0.4, 0.5) is 10.2 Å². The number of hydrogen-bond acceptors (Lipinski definition) is 6. The lowest BCUT2D eigenvalue weighted by atomic mass is 10.2. The van der Waals surface area contributed by atoms with E-state index >= 15 is 0 Å². The summed E-state index contributed by atoms with van der Waals surface area (Å²) in [5.74, 6) is -0.538. The molecule has 0 bridgehead atoms. The molecule has 0 unspecified atom stereocenters. The van der Waals surface area contributed by atoms with Gasteiger partial charge in [0, 0.05) is 12.6 Å². The zero-order valence-electron chi connectivity index (χ0n) is 9.90. The van der Waals surface area contributed by atoms with Gasteiger partial charge in [-0.3, -0.25) is 0 Å². The monoisotopic (exact) mass is 268 g/mol. The van der Waals surface area contributed by atoms with Crippen molar-refractivity contribution in [2.75, 3.05) is 12.3 Å². The summed E-state index contributed by atoms with van der Waals surface area (Å²) in [6.45, 7) is -0.202. The van der Waals surface area contributed by atoms with Crippen LogP contribution in [-0.2, 0) is 4.74 Å². The summed E-state index contributed by atoms with van der Waals surface area (Å²) in [7, 11) is 0. The first-order chi connectivity index (χ1) is 9.11. The van der Waals surface area contributed by atoms with Crippen LogP contribution in [0.25, 0.3) is 11.0 Å². The van der Waals surface area contributed by atoms with E-state index in [2.05, 4.69) is 9.97 Å². The predicted molar refractivity (Wildman–Crippen MR) is 63.5 cm³/mol. The van der Waals surface area contributed by atoms with Gasteiger partial charge in [-0.2, -0.15) is 0 Å². The molecule has 19 heavy (non-hydrogen) atoms. The number of halogens is 1. The van der Waals surface area contributed by atoms with Gasteiger partial charge in [0.05, 0.1) is 18.1 Å². The molecule has 3 heterocycles. The first-order valence-corrected chi connectivity index (χ1v) is 5.82. The van der Waals surface area contributed by atoms with Crippen LogP contribution in [0.1, 0.15) is 12.6 Å². The van der Waals surface area contributed by atoms with E-state index in [1.807, 2.05) is 0 Å². The molecule has 2 aromatic rings. The molecule has 0 saturated carbocycles. The Morgan fingerprint density at radius 2 is 2.32 bits per heavy atom. The van der Waals surface area contributed by atoms with Crippen LogP contribution in [0, 0.1) is 5.82 Å². The van der Waals surface area contributed by atoms with Crippen molar-refractivity contribution in [1.82, 2.24) is 14.5 Å². The number of nitrogens with two attached hydrogens (primary N) is 1. The molecule has 0 amide bonds. The molecule has 3 atom stereocenters. The van der Waals surface area contributed by atoms with E-state index in [0.29, 0.717) is 0 Å². The molecule has 1 fully saturated rings. The Bertz CT molecular complexity index is 617. The molecule has 7 nitrogen and oxygen atoms in total. The highest BCUT2D eigenvalue weighted by Gasteiger charge is 2.36. The van der Waals surface area contributed by atoms with Gasteiger partial charge in [0.1, 0.15) is 18.2 Å². The average Bonchev–Trinajstić information content (AvgIpc) is 2.91. The lowest BCUT2D eigenvalue weighted by molar-refractivity contribution is -0.0486. The summed E-state index contributed by atoms with van der Waals surface area (Å²) in [4.78, 5) is 7.70. The van der Waals surface area contributed by atoms with E-state index < -0.39 is 24.3 Å². The predicted octanol–water partition coefficient (Wildman–Crippen LogP) is -0.207. The van der Waals surface area contributed by atoms with E-state index in [1.54, 1.807) is 0 Å². The first-order valence-electron chi connectivity index (χ1n) is 5.82. The Morgan fingerprint density at radius 3 is 3.00 bits per heavy atom. The number of aliphatic hydroxyl groups is 2. The molecule has 3 rings (SSSR count). The van der Waals surface area contributed by atoms with Gasteiger partial charge < -0.3 is 25.3 Å². The molecule has 2 aromatic heterocycles. The van der Waals surface area contributed by atoms with Crippen molar-refractivity contribution in [3.05, 3.63) is 18.3 Å². The normalized spacial score (nSPS) is 27.2. The maximum Gasteiger partial charge on any atom is 0.161 e. The van der Waals surface area contributed by atoms with Gasteiger partial charge in [0.15, 0.2) is 17.7 Å². The fourth-order valence-electron chi connectivity index (χ4n) is 2.35. The molecule has 0 aromatic carbocycles. The zero-order chi connectivity index (χ0) is 13.6. The molecule has 0 aliphatic carbocycles. The third-order valence-electron chi connectivity index (χ3n) is 3.24. The Kier molecular flexibility index (Phi) is 2.85. The van der Waals surface area contributed by atoms with Crippen LogP contribution in [0.3, 0.4) is 0 Å². The molecule has 1 aliphatic heterocycles. The number of fused-ring (bicyclic) bond motifs is 1. The number of aliphatic hydroxyl groups excluding tert-OH is 2. The van der Waals surface area contributed by atoms with Crippen LogP contribution in [0.5, 0.6) is 0 Å². The van der Waals surface area contributed by atoms with Crippen molar-refractivity contribution in [1.29, 1.82) is 0 Å². The molecule has 102 valence electrons. The van der Waals surface area contributed by atoms with Crippen molar-refractivity contribution in [2.45, 2.75) is 24.9 Å². The van der Waals surface area contributed by atoms with Crippen LogP contribution in [0.15, 0.2) is 12.5 Å². The Labute approximate surface area is 107 Å². The highest BCUT2D eigenvalue weighted by Crippen LogP contribution is 2.33. The fraction of sp³-hybridized carbons (Fsp3) is 0.455. The molecule has 0 spiro atoms. The SMILES string of the molecule is Nc1ncnc2c1c(F)cn2[C@@H]1O[C@H](CO)C[C@H]1O. The Balaban J connectivity index is 2.09. The number of nitrogens with zero attached hydrogens (tertiary/aromatic N) is 3. The number of aromatic nitrogens is 3. The lowest BCUT2D eigenvalue weighted by Gasteiger charge is -2.16. The fourth-order valence-corrected chi connectivity index (χ4v) is 2.35. The maximum atomic E-state index is 13.9. The van der Waals surface area contributed by atoms with E-state index in [9.17, 15) is 9.50 Å². The molecule has 4 N–H and O–H groups in total. The number of rotatable bonds is 2. The van der Waals surface area contributed by atoms with Crippen molar-refractivity contribution in [3.63, 3.8) is 0 Å². The van der Waals surface area contributed by atoms with Gasteiger partial charge in [0.2, 0.25) is 0 Å². The zero-order valence-corrected chi connectivity index (χ0v) is 9.90. The van der Waals surface area contributed by atoms with E-state index in [-0.39, 0.29) is 29.9 Å². The van der Waals surface area contributed by atoms with Crippen molar-refractivity contribution >= 4 is 16.9 Å². The second kappa shape index (κ2) is 4.41. The highest BCUT2D eigenvalue weighted by molar-refractivity contribution is 5.86. The first kappa shape index (κ1) is 12.3. The van der Waals surface area contributed by atoms with Crippen molar-refractivity contribution < 1.29 is 19.3 Å². The topological polar surface area (TPSA) is 106 Å². The second-order valence-corrected chi connectivity index (χ2v) is 4.48. The molecule has 8 heteroatoms. The van der Waals surface area contributed by atoms with E-state index in [4.69, 9.17) is 15.6 Å². The maximum absolute atomic E-state index is 13.9. The smallest absolute Gasteiger partial charge is 0.161 e. The van der Waals surface area contributed by atoms with Gasteiger partial charge in [-0.05, 0) is 0 Å². The van der Waals surface area contributed by atoms with Gasteiger partial charge in [-0.1, -0.05) is 0 Å². The quantitative estimate of drug-likeness (QED) is 0.696. The van der Waals surface area contributed by atoms with Gasteiger partial charge in [-0.25, -0.2) is 14.4 Å². The number of ether oxygens (including phenoxy) is 1. The Hall–Kier alpha value is -1.77. The molecule has 1 aliphatic rings. The van der Waals surface area contributed by atoms with Crippen LogP contribution in [0.2, 0.25) is 0 Å².